The standard InChI is InChI=1S/C20H18N4O6/c1-29-18-11-16(24(27)28)7-8-17(18)22-19(25)13-30-20(26)15-5-3-14(4-6-15)12-23-10-2-9-21-23/h2-11H,12-13H2,1H3,(H,22,25). The van der Waals surface area contributed by atoms with Gasteiger partial charge in [-0.25, -0.2) is 4.79 Å². The highest BCUT2D eigenvalue weighted by Gasteiger charge is 2.15. The number of amides is 1. The molecule has 0 atom stereocenters. The van der Waals surface area contributed by atoms with Crippen LogP contribution < -0.4 is 10.1 Å². The second-order valence-corrected chi connectivity index (χ2v) is 6.17. The van der Waals surface area contributed by atoms with Gasteiger partial charge in [-0.05, 0) is 29.8 Å². The van der Waals surface area contributed by atoms with Crippen LogP contribution in [-0.4, -0.2) is 40.3 Å². The van der Waals surface area contributed by atoms with E-state index >= 15 is 0 Å². The van der Waals surface area contributed by atoms with Gasteiger partial charge >= 0.3 is 5.97 Å². The third-order valence-electron chi connectivity index (χ3n) is 4.10. The molecule has 10 nitrogen and oxygen atoms in total. The van der Waals surface area contributed by atoms with Gasteiger partial charge < -0.3 is 14.8 Å². The molecule has 0 aliphatic rings. The number of nitrogens with one attached hydrogen (secondary N) is 1. The number of ether oxygens (including phenoxy) is 2. The molecule has 0 saturated carbocycles. The fourth-order valence-corrected chi connectivity index (χ4v) is 2.62. The number of aromatic nitrogens is 2. The van der Waals surface area contributed by atoms with Crippen molar-refractivity contribution in [2.24, 2.45) is 0 Å². The minimum absolute atomic E-state index is 0.122. The fourth-order valence-electron chi connectivity index (χ4n) is 2.62. The van der Waals surface area contributed by atoms with E-state index in [1.807, 2.05) is 12.3 Å². The van der Waals surface area contributed by atoms with Crippen LogP contribution >= 0.6 is 0 Å². The maximum Gasteiger partial charge on any atom is 0.338 e. The number of nitro groups is 1. The van der Waals surface area contributed by atoms with E-state index in [1.165, 1.54) is 25.3 Å². The number of anilines is 1. The van der Waals surface area contributed by atoms with E-state index in [0.717, 1.165) is 5.56 Å². The van der Waals surface area contributed by atoms with Gasteiger partial charge in [-0.3, -0.25) is 19.6 Å². The lowest BCUT2D eigenvalue weighted by molar-refractivity contribution is -0.384. The number of hydrogen-bond donors (Lipinski definition) is 1. The molecule has 1 aromatic heterocycles. The Morgan fingerprint density at radius 2 is 1.97 bits per heavy atom. The Bertz CT molecular complexity index is 1050. The number of benzene rings is 2. The summed E-state index contributed by atoms with van der Waals surface area (Å²) in [4.78, 5) is 34.5. The number of carbonyl (C=O) groups excluding carboxylic acids is 2. The van der Waals surface area contributed by atoms with Crippen molar-refractivity contribution in [1.82, 2.24) is 9.78 Å². The van der Waals surface area contributed by atoms with Crippen molar-refractivity contribution in [3.05, 3.63) is 82.2 Å². The van der Waals surface area contributed by atoms with Crippen molar-refractivity contribution in [2.75, 3.05) is 19.0 Å². The molecule has 0 unspecified atom stereocenters. The lowest BCUT2D eigenvalue weighted by Gasteiger charge is -2.10. The number of hydrogen-bond acceptors (Lipinski definition) is 7. The Hall–Kier alpha value is -4.21. The van der Waals surface area contributed by atoms with Crippen LogP contribution in [0, 0.1) is 10.1 Å². The van der Waals surface area contributed by atoms with Crippen LogP contribution in [0.4, 0.5) is 11.4 Å². The van der Waals surface area contributed by atoms with E-state index in [4.69, 9.17) is 9.47 Å². The van der Waals surface area contributed by atoms with Crippen LogP contribution in [0.2, 0.25) is 0 Å². The van der Waals surface area contributed by atoms with E-state index in [-0.39, 0.29) is 17.1 Å². The molecular weight excluding hydrogens is 392 g/mol. The summed E-state index contributed by atoms with van der Waals surface area (Å²) in [5.41, 5.74) is 1.32. The number of methoxy groups -OCH3 is 1. The molecule has 1 N–H and O–H groups in total. The van der Waals surface area contributed by atoms with Crippen molar-refractivity contribution in [3.8, 4) is 5.75 Å². The summed E-state index contributed by atoms with van der Waals surface area (Å²) >= 11 is 0. The summed E-state index contributed by atoms with van der Waals surface area (Å²) in [5.74, 6) is -1.13. The number of non-ortho nitro benzene ring substituents is 1. The van der Waals surface area contributed by atoms with Crippen molar-refractivity contribution < 1.29 is 24.0 Å². The molecule has 0 radical (unpaired) electrons. The molecule has 0 spiro atoms. The first-order valence-electron chi connectivity index (χ1n) is 8.82. The van der Waals surface area contributed by atoms with E-state index in [2.05, 4.69) is 10.4 Å². The number of nitrogens with zero attached hydrogens (tertiary/aromatic N) is 3. The first-order valence-corrected chi connectivity index (χ1v) is 8.82. The summed E-state index contributed by atoms with van der Waals surface area (Å²) in [7, 11) is 1.32. The van der Waals surface area contributed by atoms with E-state index in [9.17, 15) is 19.7 Å². The molecule has 0 saturated heterocycles. The van der Waals surface area contributed by atoms with Crippen molar-refractivity contribution in [3.63, 3.8) is 0 Å². The Morgan fingerprint density at radius 3 is 2.60 bits per heavy atom. The molecule has 0 bridgehead atoms. The molecule has 3 rings (SSSR count). The quantitative estimate of drug-likeness (QED) is 0.344. The van der Waals surface area contributed by atoms with Crippen LogP contribution in [0.15, 0.2) is 60.9 Å². The van der Waals surface area contributed by atoms with E-state index in [1.54, 1.807) is 35.1 Å². The Morgan fingerprint density at radius 1 is 1.20 bits per heavy atom. The van der Waals surface area contributed by atoms with Gasteiger partial charge in [0, 0.05) is 18.5 Å². The zero-order chi connectivity index (χ0) is 21.5. The fraction of sp³-hybridized carbons (Fsp3) is 0.150. The van der Waals surface area contributed by atoms with E-state index < -0.39 is 23.4 Å². The van der Waals surface area contributed by atoms with Gasteiger partial charge in [0.1, 0.15) is 5.75 Å². The van der Waals surface area contributed by atoms with Crippen molar-refractivity contribution in [2.45, 2.75) is 6.54 Å². The van der Waals surface area contributed by atoms with Crippen molar-refractivity contribution in [1.29, 1.82) is 0 Å². The lowest BCUT2D eigenvalue weighted by Crippen LogP contribution is -2.21. The summed E-state index contributed by atoms with van der Waals surface area (Å²) in [6, 6.07) is 12.4. The monoisotopic (exact) mass is 410 g/mol. The third kappa shape index (κ3) is 5.19. The second kappa shape index (κ2) is 9.32. The van der Waals surface area contributed by atoms with Crippen LogP contribution in [0.5, 0.6) is 5.75 Å². The summed E-state index contributed by atoms with van der Waals surface area (Å²) in [6.45, 7) is 0.0514. The Kier molecular flexibility index (Phi) is 6.38. The first-order chi connectivity index (χ1) is 14.5. The van der Waals surface area contributed by atoms with Gasteiger partial charge in [-0.2, -0.15) is 5.10 Å². The van der Waals surface area contributed by atoms with Crippen LogP contribution in [-0.2, 0) is 16.1 Å². The normalized spacial score (nSPS) is 10.3. The lowest BCUT2D eigenvalue weighted by atomic mass is 10.1. The molecule has 154 valence electrons. The topological polar surface area (TPSA) is 126 Å². The second-order valence-electron chi connectivity index (χ2n) is 6.17. The maximum absolute atomic E-state index is 12.2. The molecule has 3 aromatic rings. The first kappa shape index (κ1) is 20.5. The molecule has 1 heterocycles. The van der Waals surface area contributed by atoms with Gasteiger partial charge in [0.15, 0.2) is 6.61 Å². The number of carbonyl (C=O) groups is 2. The van der Waals surface area contributed by atoms with Gasteiger partial charge in [0.25, 0.3) is 11.6 Å². The van der Waals surface area contributed by atoms with Gasteiger partial charge in [0.2, 0.25) is 0 Å². The molecule has 0 aliphatic carbocycles. The maximum atomic E-state index is 12.2. The predicted molar refractivity (Wildman–Crippen MR) is 106 cm³/mol. The Labute approximate surface area is 171 Å². The molecule has 2 aromatic carbocycles. The van der Waals surface area contributed by atoms with Crippen LogP contribution in [0.3, 0.4) is 0 Å². The zero-order valence-electron chi connectivity index (χ0n) is 16.0. The van der Waals surface area contributed by atoms with Crippen LogP contribution in [0.1, 0.15) is 15.9 Å². The Balaban J connectivity index is 1.54. The highest BCUT2D eigenvalue weighted by atomic mass is 16.6. The van der Waals surface area contributed by atoms with Crippen LogP contribution in [0.25, 0.3) is 0 Å². The molecule has 0 aliphatic heterocycles. The summed E-state index contributed by atoms with van der Waals surface area (Å²) < 4.78 is 11.8. The average Bonchev–Trinajstić information content (AvgIpc) is 3.25. The molecule has 0 fully saturated rings. The smallest absolute Gasteiger partial charge is 0.338 e. The zero-order valence-corrected chi connectivity index (χ0v) is 16.0. The SMILES string of the molecule is COc1cc([N+](=O)[O-])ccc1NC(=O)COC(=O)c1ccc(Cn2cccn2)cc1. The highest BCUT2D eigenvalue weighted by Crippen LogP contribution is 2.28. The molecular formula is C20H18N4O6. The minimum Gasteiger partial charge on any atom is -0.494 e. The molecule has 30 heavy (non-hydrogen) atoms. The minimum atomic E-state index is -0.647. The molecule has 10 heteroatoms. The largest absolute Gasteiger partial charge is 0.494 e. The third-order valence-corrected chi connectivity index (χ3v) is 4.10. The predicted octanol–water partition coefficient (Wildman–Crippen LogP) is 2.64. The average molecular weight is 410 g/mol. The summed E-state index contributed by atoms with van der Waals surface area (Å²) in [6.07, 6.45) is 3.52. The van der Waals surface area contributed by atoms with Gasteiger partial charge in [0.05, 0.1) is 35.9 Å². The number of nitro benzene ring substituents is 1. The van der Waals surface area contributed by atoms with Gasteiger partial charge in [-0.15, -0.1) is 0 Å². The number of esters is 1. The molecule has 1 amide bonds. The van der Waals surface area contributed by atoms with E-state index in [0.29, 0.717) is 12.1 Å². The summed E-state index contributed by atoms with van der Waals surface area (Å²) in [5, 5.41) is 17.4. The number of rotatable bonds is 8. The van der Waals surface area contributed by atoms with Gasteiger partial charge in [-0.1, -0.05) is 12.1 Å². The van der Waals surface area contributed by atoms with Crippen molar-refractivity contribution >= 4 is 23.3 Å². The highest BCUT2D eigenvalue weighted by molar-refractivity contribution is 5.96.